The summed E-state index contributed by atoms with van der Waals surface area (Å²) in [4.78, 5) is 11.1. The molecular weight excluding hydrogens is 304 g/mol. The molecule has 0 spiro atoms. The highest BCUT2D eigenvalue weighted by Crippen LogP contribution is 2.32. The predicted octanol–water partition coefficient (Wildman–Crippen LogP) is 4.68. The molecule has 0 N–H and O–H groups in total. The van der Waals surface area contributed by atoms with Crippen molar-refractivity contribution in [3.05, 3.63) is 23.8 Å². The monoisotopic (exact) mass is 334 g/mol. The van der Waals surface area contributed by atoms with Gasteiger partial charge in [0.05, 0.1) is 20.3 Å². The van der Waals surface area contributed by atoms with E-state index >= 15 is 0 Å². The van der Waals surface area contributed by atoms with Gasteiger partial charge in [0.25, 0.3) is 0 Å². The van der Waals surface area contributed by atoms with E-state index in [1.165, 1.54) is 25.5 Å². The maximum atomic E-state index is 11.1. The highest BCUT2D eigenvalue weighted by atomic mass is 16.5. The smallest absolute Gasteiger partial charge is 0.305 e. The summed E-state index contributed by atoms with van der Waals surface area (Å²) in [6.45, 7) is 0. The maximum absolute atomic E-state index is 11.1. The summed E-state index contributed by atoms with van der Waals surface area (Å²) in [5.74, 6) is 1.59. The molecule has 0 heterocycles. The van der Waals surface area contributed by atoms with Crippen molar-refractivity contribution in [2.24, 2.45) is 0 Å². The second-order valence-electron chi connectivity index (χ2n) is 6.50. The van der Waals surface area contributed by atoms with Gasteiger partial charge in [0.1, 0.15) is 0 Å². The highest BCUT2D eigenvalue weighted by molar-refractivity contribution is 5.68. The van der Waals surface area contributed by atoms with Crippen LogP contribution in [0.25, 0.3) is 0 Å². The fraction of sp³-hybridized carbons (Fsp3) is 0.650. The molecule has 0 aromatic heterocycles. The van der Waals surface area contributed by atoms with Crippen molar-refractivity contribution in [2.75, 3.05) is 14.2 Å². The van der Waals surface area contributed by atoms with Crippen LogP contribution in [0.2, 0.25) is 0 Å². The Morgan fingerprint density at radius 3 is 2.50 bits per heavy atom. The molecule has 4 heteroatoms. The zero-order valence-corrected chi connectivity index (χ0v) is 15.0. The van der Waals surface area contributed by atoms with Crippen molar-refractivity contribution in [1.82, 2.24) is 0 Å². The quantitative estimate of drug-likeness (QED) is 0.460. The van der Waals surface area contributed by atoms with Gasteiger partial charge in [-0.1, -0.05) is 18.9 Å². The third-order valence-corrected chi connectivity index (χ3v) is 4.65. The van der Waals surface area contributed by atoms with Crippen molar-refractivity contribution >= 4 is 5.97 Å². The van der Waals surface area contributed by atoms with Crippen LogP contribution >= 0.6 is 0 Å². The first-order chi connectivity index (χ1) is 11.7. The minimum Gasteiger partial charge on any atom is -0.493 e. The Balaban J connectivity index is 1.76. The number of esters is 1. The fourth-order valence-corrected chi connectivity index (χ4v) is 3.21. The number of ether oxygens (including phenoxy) is 3. The van der Waals surface area contributed by atoms with Gasteiger partial charge in [-0.2, -0.15) is 0 Å². The van der Waals surface area contributed by atoms with Crippen LogP contribution in [-0.2, 0) is 16.0 Å². The predicted molar refractivity (Wildman–Crippen MR) is 94.7 cm³/mol. The molecule has 1 saturated carbocycles. The number of unbranched alkanes of at least 4 members (excludes halogenated alkanes) is 3. The number of hydrogen-bond acceptors (Lipinski definition) is 4. The summed E-state index contributed by atoms with van der Waals surface area (Å²) in [5, 5.41) is 0. The van der Waals surface area contributed by atoms with Crippen LogP contribution in [0.5, 0.6) is 11.5 Å². The van der Waals surface area contributed by atoms with Crippen molar-refractivity contribution in [1.29, 1.82) is 0 Å². The number of benzene rings is 1. The van der Waals surface area contributed by atoms with Gasteiger partial charge in [-0.05, 0) is 62.6 Å². The lowest BCUT2D eigenvalue weighted by molar-refractivity contribution is -0.140. The molecule has 0 saturated heterocycles. The molecule has 1 aliphatic carbocycles. The summed E-state index contributed by atoms with van der Waals surface area (Å²) in [6.07, 6.45) is 10.9. The molecule has 134 valence electrons. The lowest BCUT2D eigenvalue weighted by Gasteiger charge is -2.17. The number of hydrogen-bond donors (Lipinski definition) is 0. The molecule has 2 rings (SSSR count). The molecule has 0 atom stereocenters. The van der Waals surface area contributed by atoms with Gasteiger partial charge in [0, 0.05) is 6.42 Å². The number of carbonyl (C=O) groups excluding carboxylic acids is 1. The second-order valence-corrected chi connectivity index (χ2v) is 6.50. The minimum atomic E-state index is -0.112. The minimum absolute atomic E-state index is 0.112. The van der Waals surface area contributed by atoms with E-state index in [2.05, 4.69) is 16.9 Å². The molecule has 1 aromatic carbocycles. The molecule has 1 fully saturated rings. The van der Waals surface area contributed by atoms with Crippen LogP contribution in [0, 0.1) is 0 Å². The van der Waals surface area contributed by atoms with Crippen molar-refractivity contribution in [3.8, 4) is 11.5 Å². The molecule has 0 bridgehead atoms. The Hall–Kier alpha value is -1.71. The zero-order chi connectivity index (χ0) is 17.2. The summed E-state index contributed by atoms with van der Waals surface area (Å²) in [7, 11) is 3.13. The summed E-state index contributed by atoms with van der Waals surface area (Å²) < 4.78 is 16.2. The van der Waals surface area contributed by atoms with Crippen LogP contribution < -0.4 is 9.47 Å². The van der Waals surface area contributed by atoms with Gasteiger partial charge in [-0.3, -0.25) is 4.79 Å². The number of carbonyl (C=O) groups is 1. The van der Waals surface area contributed by atoms with Crippen LogP contribution in [0.1, 0.15) is 63.4 Å². The van der Waals surface area contributed by atoms with E-state index in [0.717, 1.165) is 56.4 Å². The third-order valence-electron chi connectivity index (χ3n) is 4.65. The van der Waals surface area contributed by atoms with E-state index in [-0.39, 0.29) is 5.97 Å². The maximum Gasteiger partial charge on any atom is 0.305 e. The lowest BCUT2D eigenvalue weighted by Crippen LogP contribution is -2.11. The molecule has 0 radical (unpaired) electrons. The first-order valence-corrected chi connectivity index (χ1v) is 9.13. The Kier molecular flexibility index (Phi) is 7.93. The van der Waals surface area contributed by atoms with Gasteiger partial charge in [-0.15, -0.1) is 0 Å². The first kappa shape index (κ1) is 18.6. The Morgan fingerprint density at radius 2 is 1.79 bits per heavy atom. The number of aryl methyl sites for hydroxylation is 1. The number of rotatable bonds is 10. The van der Waals surface area contributed by atoms with Crippen LogP contribution in [0.3, 0.4) is 0 Å². The van der Waals surface area contributed by atoms with E-state index in [4.69, 9.17) is 9.47 Å². The average molecular weight is 334 g/mol. The topological polar surface area (TPSA) is 44.8 Å². The Bertz CT molecular complexity index is 506. The van der Waals surface area contributed by atoms with Crippen LogP contribution in [0.4, 0.5) is 0 Å². The summed E-state index contributed by atoms with van der Waals surface area (Å²) >= 11 is 0. The van der Waals surface area contributed by atoms with Gasteiger partial charge < -0.3 is 14.2 Å². The van der Waals surface area contributed by atoms with Crippen LogP contribution in [-0.4, -0.2) is 26.3 Å². The summed E-state index contributed by atoms with van der Waals surface area (Å²) in [5.41, 5.74) is 1.29. The highest BCUT2D eigenvalue weighted by Gasteiger charge is 2.18. The molecule has 1 aromatic rings. The summed E-state index contributed by atoms with van der Waals surface area (Å²) in [6, 6.07) is 6.26. The van der Waals surface area contributed by atoms with Gasteiger partial charge in [0.15, 0.2) is 11.5 Å². The molecule has 0 aliphatic heterocycles. The second kappa shape index (κ2) is 10.2. The molecule has 1 aliphatic rings. The SMILES string of the molecule is COC(=O)CCCCCCc1ccc(OC)c(OC2CCCC2)c1. The molecule has 4 nitrogen and oxygen atoms in total. The lowest BCUT2D eigenvalue weighted by atomic mass is 10.0. The Morgan fingerprint density at radius 1 is 1.04 bits per heavy atom. The van der Waals surface area contributed by atoms with E-state index in [9.17, 15) is 4.79 Å². The van der Waals surface area contributed by atoms with Gasteiger partial charge in [-0.25, -0.2) is 0 Å². The van der Waals surface area contributed by atoms with Crippen molar-refractivity contribution in [2.45, 2.75) is 70.3 Å². The molecule has 0 amide bonds. The Labute approximate surface area is 145 Å². The van der Waals surface area contributed by atoms with Gasteiger partial charge in [0.2, 0.25) is 0 Å². The zero-order valence-electron chi connectivity index (χ0n) is 15.0. The molecule has 24 heavy (non-hydrogen) atoms. The van der Waals surface area contributed by atoms with E-state index in [1.54, 1.807) is 7.11 Å². The van der Waals surface area contributed by atoms with Crippen molar-refractivity contribution in [3.63, 3.8) is 0 Å². The van der Waals surface area contributed by atoms with E-state index in [1.807, 2.05) is 6.07 Å². The molecular formula is C20H30O4. The molecule has 0 unspecified atom stereocenters. The normalized spacial score (nSPS) is 14.6. The van der Waals surface area contributed by atoms with E-state index in [0.29, 0.717) is 12.5 Å². The largest absolute Gasteiger partial charge is 0.493 e. The standard InChI is InChI=1S/C20H30O4/c1-22-18-14-13-16(9-5-3-4-6-12-20(21)23-2)15-19(18)24-17-10-7-8-11-17/h13-15,17H,3-12H2,1-2H3. The third kappa shape index (κ3) is 6.06. The fourth-order valence-electron chi connectivity index (χ4n) is 3.21. The first-order valence-electron chi connectivity index (χ1n) is 9.13. The van der Waals surface area contributed by atoms with Crippen LogP contribution in [0.15, 0.2) is 18.2 Å². The van der Waals surface area contributed by atoms with E-state index < -0.39 is 0 Å². The van der Waals surface area contributed by atoms with Crippen molar-refractivity contribution < 1.29 is 19.0 Å². The average Bonchev–Trinajstić information content (AvgIpc) is 3.11. The number of methoxy groups -OCH3 is 2. The van der Waals surface area contributed by atoms with Gasteiger partial charge >= 0.3 is 5.97 Å².